The van der Waals surface area contributed by atoms with Crippen molar-refractivity contribution in [3.05, 3.63) is 6.92 Å². The van der Waals surface area contributed by atoms with Gasteiger partial charge in [-0.25, -0.2) is 4.79 Å². The van der Waals surface area contributed by atoms with Crippen molar-refractivity contribution < 1.29 is 9.53 Å². The van der Waals surface area contributed by atoms with E-state index in [1.165, 1.54) is 0 Å². The maximum atomic E-state index is 10.6. The molecule has 51 valence electrons. The molecule has 9 heavy (non-hydrogen) atoms. The van der Waals surface area contributed by atoms with Crippen molar-refractivity contribution in [3.63, 3.8) is 0 Å². The molecule has 1 heterocycles. The van der Waals surface area contributed by atoms with Crippen molar-refractivity contribution >= 4 is 6.09 Å². The normalized spacial score (nSPS) is 18.3. The first-order valence-electron chi connectivity index (χ1n) is 3.05. The molecule has 0 aromatic carbocycles. The molecule has 3 heteroatoms. The highest BCUT2D eigenvalue weighted by Gasteiger charge is 2.19. The Morgan fingerprint density at radius 2 is 2.56 bits per heavy atom. The Morgan fingerprint density at radius 1 is 1.78 bits per heavy atom. The second-order valence-electron chi connectivity index (χ2n) is 1.95. The lowest BCUT2D eigenvalue weighted by atomic mass is 10.4. The summed E-state index contributed by atoms with van der Waals surface area (Å²) >= 11 is 0. The molecule has 0 atom stereocenters. The van der Waals surface area contributed by atoms with E-state index in [0.717, 1.165) is 19.5 Å². The van der Waals surface area contributed by atoms with Gasteiger partial charge in [0.05, 0.1) is 6.54 Å². The van der Waals surface area contributed by atoms with Gasteiger partial charge in [-0.15, -0.1) is 0 Å². The second kappa shape index (κ2) is 2.71. The Hall–Kier alpha value is -0.730. The lowest BCUT2D eigenvalue weighted by Crippen LogP contribution is -2.24. The van der Waals surface area contributed by atoms with E-state index in [1.807, 2.05) is 0 Å². The fraction of sp³-hybridized carbons (Fsp3) is 0.667. The summed E-state index contributed by atoms with van der Waals surface area (Å²) in [5.74, 6) is 0. The van der Waals surface area contributed by atoms with Gasteiger partial charge < -0.3 is 9.64 Å². The molecule has 0 spiro atoms. The van der Waals surface area contributed by atoms with E-state index in [-0.39, 0.29) is 6.09 Å². The molecule has 0 aromatic heterocycles. The molecule has 0 unspecified atom stereocenters. The zero-order chi connectivity index (χ0) is 6.69. The first-order chi connectivity index (χ1) is 4.34. The predicted molar refractivity (Wildman–Crippen MR) is 32.9 cm³/mol. The number of amides is 1. The van der Waals surface area contributed by atoms with E-state index >= 15 is 0 Å². The molecule has 3 nitrogen and oxygen atoms in total. The molecule has 1 aliphatic heterocycles. The van der Waals surface area contributed by atoms with Crippen LogP contribution in [0, 0.1) is 6.92 Å². The standard InChI is InChI=1S/C6H10NO2/c1-2-3-7-4-5-9-6(7)8/h1-5H2. The maximum Gasteiger partial charge on any atom is 0.409 e. The van der Waals surface area contributed by atoms with Gasteiger partial charge in [0, 0.05) is 6.54 Å². The molecule has 0 saturated carbocycles. The number of carbonyl (C=O) groups excluding carboxylic acids is 1. The molecule has 0 N–H and O–H groups in total. The SMILES string of the molecule is [CH2]CCN1CCOC1=O. The third-order valence-electron chi connectivity index (χ3n) is 1.27. The molecule has 1 fully saturated rings. The molecule has 0 aliphatic carbocycles. The third-order valence-corrected chi connectivity index (χ3v) is 1.27. The number of hydrogen-bond donors (Lipinski definition) is 0. The topological polar surface area (TPSA) is 29.5 Å². The molecule has 0 bridgehead atoms. The fourth-order valence-corrected chi connectivity index (χ4v) is 0.820. The number of hydrogen-bond acceptors (Lipinski definition) is 2. The Morgan fingerprint density at radius 3 is 3.00 bits per heavy atom. The van der Waals surface area contributed by atoms with Gasteiger partial charge in [-0.2, -0.15) is 0 Å². The van der Waals surface area contributed by atoms with Gasteiger partial charge in [-0.1, -0.05) is 6.92 Å². The Bertz CT molecular complexity index is 114. The highest BCUT2D eigenvalue weighted by molar-refractivity contribution is 5.69. The van der Waals surface area contributed by atoms with Crippen molar-refractivity contribution in [1.29, 1.82) is 0 Å². The number of cyclic esters (lactones) is 1. The Balaban J connectivity index is 2.31. The van der Waals surface area contributed by atoms with Gasteiger partial charge in [0.15, 0.2) is 0 Å². The van der Waals surface area contributed by atoms with E-state index in [0.29, 0.717) is 6.61 Å². The second-order valence-corrected chi connectivity index (χ2v) is 1.95. The molecule has 1 saturated heterocycles. The predicted octanol–water partition coefficient (Wildman–Crippen LogP) is 0.663. The van der Waals surface area contributed by atoms with Crippen LogP contribution in [0.2, 0.25) is 0 Å². The Kier molecular flexibility index (Phi) is 1.92. The Labute approximate surface area is 54.6 Å². The lowest BCUT2D eigenvalue weighted by Gasteiger charge is -2.08. The molecule has 1 rings (SSSR count). The van der Waals surface area contributed by atoms with E-state index in [4.69, 9.17) is 0 Å². The van der Waals surface area contributed by atoms with E-state index in [2.05, 4.69) is 11.7 Å². The minimum Gasteiger partial charge on any atom is -0.448 e. The highest BCUT2D eigenvalue weighted by Crippen LogP contribution is 2.02. The first kappa shape index (κ1) is 6.39. The van der Waals surface area contributed by atoms with Crippen molar-refractivity contribution in [2.45, 2.75) is 6.42 Å². The summed E-state index contributed by atoms with van der Waals surface area (Å²) in [6.45, 7) is 5.63. The quantitative estimate of drug-likeness (QED) is 0.546. The third kappa shape index (κ3) is 1.34. The summed E-state index contributed by atoms with van der Waals surface area (Å²) < 4.78 is 4.68. The van der Waals surface area contributed by atoms with Gasteiger partial charge in [0.2, 0.25) is 0 Å². The summed E-state index contributed by atoms with van der Waals surface area (Å²) in [5, 5.41) is 0. The van der Waals surface area contributed by atoms with Crippen molar-refractivity contribution in [3.8, 4) is 0 Å². The van der Waals surface area contributed by atoms with Gasteiger partial charge in [0.25, 0.3) is 0 Å². The largest absolute Gasteiger partial charge is 0.448 e. The summed E-state index contributed by atoms with van der Waals surface area (Å²) in [7, 11) is 0. The highest BCUT2D eigenvalue weighted by atomic mass is 16.6. The molecule has 1 radical (unpaired) electrons. The first-order valence-corrected chi connectivity index (χ1v) is 3.05. The van der Waals surface area contributed by atoms with E-state index in [9.17, 15) is 4.79 Å². The number of carbonyl (C=O) groups is 1. The van der Waals surface area contributed by atoms with Gasteiger partial charge in [0.1, 0.15) is 6.61 Å². The number of rotatable bonds is 2. The van der Waals surface area contributed by atoms with Crippen LogP contribution in [0.15, 0.2) is 0 Å². The van der Waals surface area contributed by atoms with Crippen molar-refractivity contribution in [2.75, 3.05) is 19.7 Å². The van der Waals surface area contributed by atoms with Gasteiger partial charge >= 0.3 is 6.09 Å². The minimum absolute atomic E-state index is 0.196. The van der Waals surface area contributed by atoms with Crippen LogP contribution in [-0.2, 0) is 4.74 Å². The molecular formula is C6H10NO2. The summed E-state index contributed by atoms with van der Waals surface area (Å²) in [6, 6.07) is 0. The number of ether oxygens (including phenoxy) is 1. The monoisotopic (exact) mass is 128 g/mol. The zero-order valence-electron chi connectivity index (χ0n) is 5.30. The average molecular weight is 128 g/mol. The fourth-order valence-electron chi connectivity index (χ4n) is 0.820. The van der Waals surface area contributed by atoms with Crippen LogP contribution in [0.4, 0.5) is 4.79 Å². The van der Waals surface area contributed by atoms with Gasteiger partial charge in [-0.05, 0) is 6.42 Å². The van der Waals surface area contributed by atoms with Crippen LogP contribution in [0.25, 0.3) is 0 Å². The summed E-state index contributed by atoms with van der Waals surface area (Å²) in [5.41, 5.74) is 0. The zero-order valence-corrected chi connectivity index (χ0v) is 5.30. The molecule has 1 aliphatic rings. The maximum absolute atomic E-state index is 10.6. The average Bonchev–Trinajstić information content (AvgIpc) is 2.18. The van der Waals surface area contributed by atoms with Crippen molar-refractivity contribution in [2.24, 2.45) is 0 Å². The summed E-state index contributed by atoms with van der Waals surface area (Å²) in [4.78, 5) is 12.3. The van der Waals surface area contributed by atoms with E-state index in [1.54, 1.807) is 4.90 Å². The molecular weight excluding hydrogens is 118 g/mol. The number of nitrogens with zero attached hydrogens (tertiary/aromatic N) is 1. The lowest BCUT2D eigenvalue weighted by molar-refractivity contribution is 0.159. The van der Waals surface area contributed by atoms with Crippen LogP contribution in [0.5, 0.6) is 0 Å². The van der Waals surface area contributed by atoms with Gasteiger partial charge in [-0.3, -0.25) is 0 Å². The molecule has 0 aromatic rings. The summed E-state index contributed by atoms with van der Waals surface area (Å²) in [6.07, 6.45) is 0.563. The van der Waals surface area contributed by atoms with Crippen LogP contribution in [0.3, 0.4) is 0 Å². The van der Waals surface area contributed by atoms with Crippen molar-refractivity contribution in [1.82, 2.24) is 4.90 Å². The minimum atomic E-state index is -0.196. The van der Waals surface area contributed by atoms with Crippen LogP contribution < -0.4 is 0 Å². The smallest absolute Gasteiger partial charge is 0.409 e. The molecule has 1 amide bonds. The van der Waals surface area contributed by atoms with Crippen LogP contribution >= 0.6 is 0 Å². The van der Waals surface area contributed by atoms with Crippen LogP contribution in [0.1, 0.15) is 6.42 Å². The van der Waals surface area contributed by atoms with Crippen LogP contribution in [-0.4, -0.2) is 30.7 Å². The van der Waals surface area contributed by atoms with E-state index < -0.39 is 0 Å².